The predicted molar refractivity (Wildman–Crippen MR) is 61.3 cm³/mol. The van der Waals surface area contributed by atoms with Crippen molar-refractivity contribution in [3.63, 3.8) is 0 Å². The molecular weight excluding hydrogens is 228 g/mol. The Bertz CT molecular complexity index is 280. The molecule has 1 saturated carbocycles. The number of rotatable bonds is 6. The molecule has 0 saturated heterocycles. The van der Waals surface area contributed by atoms with E-state index in [9.17, 15) is 13.5 Å². The standard InChI is InChI=1S/C11H21O4S/c12-11(10-6-2-1-3-7-10)8-4-5-9-16(13,14)15/h10-11H,1-9H2,(H,13,14,15). The van der Waals surface area contributed by atoms with E-state index in [1.807, 2.05) is 0 Å². The predicted octanol–water partition coefficient (Wildman–Crippen LogP) is 2.42. The van der Waals surface area contributed by atoms with Gasteiger partial charge >= 0.3 is 0 Å². The summed E-state index contributed by atoms with van der Waals surface area (Å²) in [5.41, 5.74) is 0. The molecule has 0 heterocycles. The van der Waals surface area contributed by atoms with Gasteiger partial charge in [0.2, 0.25) is 0 Å². The normalized spacial score (nSPS) is 20.9. The molecule has 1 radical (unpaired) electrons. The summed E-state index contributed by atoms with van der Waals surface area (Å²) in [7, 11) is -3.85. The van der Waals surface area contributed by atoms with Crippen molar-refractivity contribution in [2.75, 3.05) is 5.75 Å². The van der Waals surface area contributed by atoms with E-state index in [2.05, 4.69) is 0 Å². The monoisotopic (exact) mass is 249 g/mol. The maximum absolute atomic E-state index is 11.8. The average Bonchev–Trinajstić information content (AvgIpc) is 2.24. The Morgan fingerprint density at radius 3 is 2.31 bits per heavy atom. The summed E-state index contributed by atoms with van der Waals surface area (Å²) in [6.45, 7) is 0. The van der Waals surface area contributed by atoms with Gasteiger partial charge in [0.25, 0.3) is 10.1 Å². The van der Waals surface area contributed by atoms with Gasteiger partial charge < -0.3 is 0 Å². The molecule has 1 N–H and O–H groups in total. The first kappa shape index (κ1) is 13.9. The Balaban J connectivity index is 2.12. The first-order valence-corrected chi connectivity index (χ1v) is 7.71. The second kappa shape index (κ2) is 6.57. The van der Waals surface area contributed by atoms with Gasteiger partial charge in [0.05, 0.1) is 11.9 Å². The van der Waals surface area contributed by atoms with E-state index in [4.69, 9.17) is 4.55 Å². The Kier molecular flexibility index (Phi) is 5.72. The lowest BCUT2D eigenvalue weighted by Crippen LogP contribution is -2.21. The second-order valence-electron chi connectivity index (χ2n) is 4.72. The van der Waals surface area contributed by atoms with Crippen LogP contribution in [0.4, 0.5) is 0 Å². The molecule has 0 aromatic carbocycles. The van der Waals surface area contributed by atoms with Crippen molar-refractivity contribution in [2.24, 2.45) is 5.92 Å². The minimum Gasteiger partial charge on any atom is -0.286 e. The van der Waals surface area contributed by atoms with Crippen LogP contribution >= 0.6 is 0 Å². The average molecular weight is 249 g/mol. The van der Waals surface area contributed by atoms with E-state index in [-0.39, 0.29) is 5.75 Å². The molecule has 1 aliphatic carbocycles. The first-order chi connectivity index (χ1) is 7.49. The first-order valence-electron chi connectivity index (χ1n) is 6.10. The van der Waals surface area contributed by atoms with Crippen LogP contribution in [-0.2, 0) is 15.2 Å². The van der Waals surface area contributed by atoms with E-state index in [0.717, 1.165) is 25.7 Å². The van der Waals surface area contributed by atoms with Crippen molar-refractivity contribution >= 4 is 10.1 Å². The maximum Gasteiger partial charge on any atom is 0.264 e. The summed E-state index contributed by atoms with van der Waals surface area (Å²) >= 11 is 0. The minimum atomic E-state index is -3.85. The van der Waals surface area contributed by atoms with Crippen molar-refractivity contribution in [2.45, 2.75) is 57.5 Å². The fourth-order valence-corrected chi connectivity index (χ4v) is 2.94. The van der Waals surface area contributed by atoms with Gasteiger partial charge in [-0.25, -0.2) is 5.11 Å². The van der Waals surface area contributed by atoms with E-state index in [0.29, 0.717) is 25.2 Å². The smallest absolute Gasteiger partial charge is 0.264 e. The highest BCUT2D eigenvalue weighted by Gasteiger charge is 2.22. The maximum atomic E-state index is 11.8. The Morgan fingerprint density at radius 2 is 1.75 bits per heavy atom. The molecule has 4 nitrogen and oxygen atoms in total. The molecule has 1 unspecified atom stereocenters. The van der Waals surface area contributed by atoms with Crippen molar-refractivity contribution < 1.29 is 18.1 Å². The molecule has 1 fully saturated rings. The van der Waals surface area contributed by atoms with Crippen LogP contribution in [0.5, 0.6) is 0 Å². The van der Waals surface area contributed by atoms with Crippen LogP contribution in [-0.4, -0.2) is 24.8 Å². The Morgan fingerprint density at radius 1 is 1.12 bits per heavy atom. The third-order valence-corrected chi connectivity index (χ3v) is 4.12. The zero-order chi connectivity index (χ0) is 12.0. The lowest BCUT2D eigenvalue weighted by molar-refractivity contribution is 0.0137. The summed E-state index contributed by atoms with van der Waals surface area (Å²) in [5.74, 6) is 0.0733. The van der Waals surface area contributed by atoms with Gasteiger partial charge in [-0.3, -0.25) is 4.55 Å². The van der Waals surface area contributed by atoms with Crippen LogP contribution < -0.4 is 0 Å². The van der Waals surface area contributed by atoms with Gasteiger partial charge in [-0.1, -0.05) is 19.3 Å². The van der Waals surface area contributed by atoms with E-state index < -0.39 is 16.2 Å². The quantitative estimate of drug-likeness (QED) is 0.580. The Labute approximate surface area is 97.8 Å². The van der Waals surface area contributed by atoms with Gasteiger partial charge in [0.1, 0.15) is 0 Å². The van der Waals surface area contributed by atoms with Crippen molar-refractivity contribution in [3.8, 4) is 0 Å². The fourth-order valence-electron chi connectivity index (χ4n) is 2.37. The summed E-state index contributed by atoms with van der Waals surface area (Å²) in [6.07, 6.45) is 6.63. The third-order valence-electron chi connectivity index (χ3n) is 3.32. The van der Waals surface area contributed by atoms with Crippen LogP contribution in [0.2, 0.25) is 0 Å². The SMILES string of the molecule is [O]C(CCCCS(=O)(=O)O)C1CCCCC1. The molecule has 16 heavy (non-hydrogen) atoms. The minimum absolute atomic E-state index is 0.218. The Hall–Kier alpha value is -0.130. The molecule has 1 rings (SSSR count). The lowest BCUT2D eigenvalue weighted by Gasteiger charge is -2.24. The molecule has 1 atom stereocenters. The molecular formula is C11H21O4S. The van der Waals surface area contributed by atoms with Gasteiger partial charge in [0, 0.05) is 0 Å². The molecule has 0 aromatic rings. The zero-order valence-corrected chi connectivity index (χ0v) is 10.4. The zero-order valence-electron chi connectivity index (χ0n) is 9.60. The number of unbranched alkanes of at least 4 members (excludes halogenated alkanes) is 1. The lowest BCUT2D eigenvalue weighted by atomic mass is 9.84. The van der Waals surface area contributed by atoms with Gasteiger partial charge in [-0.15, -0.1) is 0 Å². The molecule has 95 valence electrons. The molecule has 5 heteroatoms. The molecule has 1 aliphatic rings. The molecule has 0 spiro atoms. The van der Waals surface area contributed by atoms with Crippen LogP contribution in [0.15, 0.2) is 0 Å². The van der Waals surface area contributed by atoms with E-state index in [1.165, 1.54) is 6.42 Å². The topological polar surface area (TPSA) is 74.3 Å². The van der Waals surface area contributed by atoms with Crippen LogP contribution in [0, 0.1) is 5.92 Å². The highest BCUT2D eigenvalue weighted by atomic mass is 32.2. The largest absolute Gasteiger partial charge is 0.286 e. The van der Waals surface area contributed by atoms with Crippen LogP contribution in [0.3, 0.4) is 0 Å². The van der Waals surface area contributed by atoms with Gasteiger partial charge in [0.15, 0.2) is 0 Å². The highest BCUT2D eigenvalue weighted by molar-refractivity contribution is 7.85. The second-order valence-corrected chi connectivity index (χ2v) is 6.29. The van der Waals surface area contributed by atoms with E-state index in [1.54, 1.807) is 0 Å². The van der Waals surface area contributed by atoms with Crippen molar-refractivity contribution in [1.82, 2.24) is 0 Å². The molecule has 0 amide bonds. The summed E-state index contributed by atoms with van der Waals surface area (Å²) in [6, 6.07) is 0. The van der Waals surface area contributed by atoms with Crippen molar-refractivity contribution in [1.29, 1.82) is 0 Å². The van der Waals surface area contributed by atoms with E-state index >= 15 is 0 Å². The highest BCUT2D eigenvalue weighted by Crippen LogP contribution is 2.28. The van der Waals surface area contributed by atoms with Gasteiger partial charge in [-0.05, 0) is 38.0 Å². The summed E-state index contributed by atoms with van der Waals surface area (Å²) in [4.78, 5) is 0. The molecule has 0 aliphatic heterocycles. The van der Waals surface area contributed by atoms with Crippen LogP contribution in [0.1, 0.15) is 51.4 Å². The molecule has 0 aromatic heterocycles. The van der Waals surface area contributed by atoms with Gasteiger partial charge in [-0.2, -0.15) is 8.42 Å². The summed E-state index contributed by atoms with van der Waals surface area (Å²) < 4.78 is 29.4. The molecule has 0 bridgehead atoms. The van der Waals surface area contributed by atoms with Crippen molar-refractivity contribution in [3.05, 3.63) is 0 Å². The number of hydrogen-bond donors (Lipinski definition) is 1. The third kappa shape index (κ3) is 5.82. The summed E-state index contributed by atoms with van der Waals surface area (Å²) in [5, 5.41) is 11.8. The fraction of sp³-hybridized carbons (Fsp3) is 1.00. The number of hydrogen-bond acceptors (Lipinski definition) is 2. The van der Waals surface area contributed by atoms with Crippen LogP contribution in [0.25, 0.3) is 0 Å².